The zero-order valence-corrected chi connectivity index (χ0v) is 49.5. The van der Waals surface area contributed by atoms with Crippen LogP contribution >= 0.6 is 0 Å². The van der Waals surface area contributed by atoms with Gasteiger partial charge in [0.05, 0.1) is 11.4 Å². The number of benzene rings is 7. The fourth-order valence-corrected chi connectivity index (χ4v) is 13.4. The molecule has 0 amide bonds. The Balaban J connectivity index is 1.23. The lowest BCUT2D eigenvalue weighted by atomic mass is 9.33. The second kappa shape index (κ2) is 20.1. The van der Waals surface area contributed by atoms with Crippen molar-refractivity contribution in [2.24, 2.45) is 0 Å². The van der Waals surface area contributed by atoms with Crippen molar-refractivity contribution in [3.63, 3.8) is 0 Å². The maximum absolute atomic E-state index is 5.61. The Hall–Kier alpha value is -6.72. The standard InChI is InChI=1S/C74H83BN4/c1-71(2,3)55-41-56(72(4,5)6)44-59(43-55)78-65-35-33-52(48-25-17-13-18-26-48)37-61(65)75-62-38-53(49-27-19-14-20-28-49)34-36-66(62)79(60-45-57(73(7,8)9)42-58(46-60)74(10,11)12)68-40-54(39-67(78)69(68)75)64-47-63(50-29-21-15-22-30-50)76-70(77-64)51-31-23-16-24-32-51/h15-16,21-24,29-49H,13-14,17-20,25-28H2,1-12H3. The molecule has 7 aromatic carbocycles. The van der Waals surface area contributed by atoms with Gasteiger partial charge in [0.25, 0.3) is 6.71 Å². The first-order valence-electron chi connectivity index (χ1n) is 30.1. The number of nitrogens with zero attached hydrogens (tertiary/aromatic N) is 4. The normalized spacial score (nSPS) is 16.2. The van der Waals surface area contributed by atoms with Gasteiger partial charge in [0.1, 0.15) is 0 Å². The second-order valence-electron chi connectivity index (χ2n) is 28.1. The van der Waals surface area contributed by atoms with Crippen LogP contribution < -0.4 is 26.2 Å². The van der Waals surface area contributed by atoms with Crippen LogP contribution in [0.25, 0.3) is 33.9 Å². The smallest absolute Gasteiger partial charge is 0.252 e. The van der Waals surface area contributed by atoms with Gasteiger partial charge in [-0.05, 0) is 164 Å². The number of hydrogen-bond acceptors (Lipinski definition) is 4. The summed E-state index contributed by atoms with van der Waals surface area (Å²) in [7, 11) is 0. The molecule has 12 rings (SSSR count). The van der Waals surface area contributed by atoms with E-state index in [2.05, 4.69) is 245 Å². The maximum atomic E-state index is 5.61. The average Bonchev–Trinajstić information content (AvgIpc) is 2.41. The number of fused-ring (bicyclic) bond motifs is 4. The lowest BCUT2D eigenvalue weighted by Crippen LogP contribution is -2.61. The van der Waals surface area contributed by atoms with Gasteiger partial charge in [-0.1, -0.05) is 219 Å². The summed E-state index contributed by atoms with van der Waals surface area (Å²) in [6.45, 7) is 28.5. The Morgan fingerprint density at radius 3 is 1.14 bits per heavy atom. The van der Waals surface area contributed by atoms with Gasteiger partial charge < -0.3 is 9.80 Å². The van der Waals surface area contributed by atoms with Crippen LogP contribution in [0.15, 0.2) is 152 Å². The van der Waals surface area contributed by atoms with E-state index in [0.29, 0.717) is 11.8 Å². The lowest BCUT2D eigenvalue weighted by molar-refractivity contribution is 0.444. The number of rotatable bonds is 7. The monoisotopic (exact) mass is 1040 g/mol. The fraction of sp³-hybridized carbons (Fsp3) is 0.378. The molecular weight excluding hydrogens is 956 g/mol. The van der Waals surface area contributed by atoms with E-state index >= 15 is 0 Å². The van der Waals surface area contributed by atoms with Gasteiger partial charge in [0.15, 0.2) is 5.82 Å². The van der Waals surface area contributed by atoms with Crippen molar-refractivity contribution in [1.29, 1.82) is 0 Å². The zero-order chi connectivity index (χ0) is 55.2. The van der Waals surface area contributed by atoms with Crippen molar-refractivity contribution < 1.29 is 0 Å². The van der Waals surface area contributed by atoms with Crippen LogP contribution in [-0.2, 0) is 21.7 Å². The van der Waals surface area contributed by atoms with E-state index in [1.54, 1.807) is 0 Å². The van der Waals surface area contributed by atoms with E-state index in [0.717, 1.165) is 33.9 Å². The van der Waals surface area contributed by atoms with Crippen molar-refractivity contribution in [2.45, 2.75) is 181 Å². The molecule has 79 heavy (non-hydrogen) atoms. The molecule has 2 aliphatic heterocycles. The summed E-state index contributed by atoms with van der Waals surface area (Å²) in [5.74, 6) is 1.84. The Morgan fingerprint density at radius 2 is 0.747 bits per heavy atom. The molecule has 0 N–H and O–H groups in total. The topological polar surface area (TPSA) is 32.3 Å². The van der Waals surface area contributed by atoms with Crippen LogP contribution in [0.3, 0.4) is 0 Å². The fourth-order valence-electron chi connectivity index (χ4n) is 13.4. The highest BCUT2D eigenvalue weighted by Crippen LogP contribution is 2.50. The van der Waals surface area contributed by atoms with Crippen molar-refractivity contribution >= 4 is 57.2 Å². The van der Waals surface area contributed by atoms with E-state index in [1.165, 1.54) is 148 Å². The third-order valence-electron chi connectivity index (χ3n) is 18.2. The minimum absolute atomic E-state index is 0.00504. The molecule has 402 valence electrons. The van der Waals surface area contributed by atoms with Crippen molar-refractivity contribution in [2.75, 3.05) is 9.80 Å². The highest BCUT2D eigenvalue weighted by Gasteiger charge is 2.45. The van der Waals surface area contributed by atoms with E-state index in [9.17, 15) is 0 Å². The SMILES string of the molecule is CC(C)(C)c1cc(N2c3ccc(C4CCCCC4)cc3B3c4cc(C5CCCCC5)ccc4N(c4cc(C(C)(C)C)cc(C(C)(C)C)c4)c4cc(-c5cc(-c6ccccc6)nc(-c6ccccc6)n5)cc2c43)cc(C(C)(C)C)c1. The first kappa shape index (κ1) is 53.0. The quantitative estimate of drug-likeness (QED) is 0.149. The minimum Gasteiger partial charge on any atom is -0.311 e. The van der Waals surface area contributed by atoms with Crippen LogP contribution in [0, 0.1) is 0 Å². The lowest BCUT2D eigenvalue weighted by Gasteiger charge is -2.45. The van der Waals surface area contributed by atoms with Gasteiger partial charge in [-0.25, -0.2) is 9.97 Å². The summed E-state index contributed by atoms with van der Waals surface area (Å²) < 4.78 is 0. The molecule has 2 fully saturated rings. The summed E-state index contributed by atoms with van der Waals surface area (Å²) in [6, 6.07) is 58.9. The Bertz CT molecular complexity index is 3280. The molecule has 3 heterocycles. The highest BCUT2D eigenvalue weighted by atomic mass is 15.2. The Labute approximate surface area is 474 Å². The van der Waals surface area contributed by atoms with Gasteiger partial charge in [-0.15, -0.1) is 0 Å². The van der Waals surface area contributed by atoms with Crippen LogP contribution in [0.5, 0.6) is 0 Å². The zero-order valence-electron chi connectivity index (χ0n) is 49.5. The molecule has 4 nitrogen and oxygen atoms in total. The van der Waals surface area contributed by atoms with Crippen LogP contribution in [-0.4, -0.2) is 16.7 Å². The van der Waals surface area contributed by atoms with E-state index < -0.39 is 0 Å². The van der Waals surface area contributed by atoms with Crippen molar-refractivity contribution in [3.8, 4) is 33.9 Å². The van der Waals surface area contributed by atoms with E-state index in [1.807, 2.05) is 0 Å². The molecule has 8 aromatic rings. The first-order valence-corrected chi connectivity index (χ1v) is 30.1. The first-order chi connectivity index (χ1) is 37.7. The highest BCUT2D eigenvalue weighted by molar-refractivity contribution is 7.00. The Morgan fingerprint density at radius 1 is 0.367 bits per heavy atom. The van der Waals surface area contributed by atoms with Gasteiger partial charge >= 0.3 is 0 Å². The molecule has 0 bridgehead atoms. The van der Waals surface area contributed by atoms with Gasteiger partial charge in [0, 0.05) is 50.8 Å². The third kappa shape index (κ3) is 10.2. The molecule has 0 saturated heterocycles. The van der Waals surface area contributed by atoms with Gasteiger partial charge in [-0.3, -0.25) is 0 Å². The molecule has 2 aliphatic carbocycles. The molecular formula is C74H83BN4. The Kier molecular flexibility index (Phi) is 13.5. The molecule has 0 unspecified atom stereocenters. The predicted molar refractivity (Wildman–Crippen MR) is 339 cm³/mol. The molecule has 2 saturated carbocycles. The third-order valence-corrected chi connectivity index (χ3v) is 18.2. The summed E-state index contributed by atoms with van der Waals surface area (Å²) in [5.41, 5.74) is 24.6. The molecule has 4 aliphatic rings. The number of hydrogen-bond donors (Lipinski definition) is 0. The maximum Gasteiger partial charge on any atom is 0.252 e. The molecule has 0 atom stereocenters. The molecule has 1 aromatic heterocycles. The summed E-state index contributed by atoms with van der Waals surface area (Å²) in [5, 5.41) is 0. The molecule has 0 radical (unpaired) electrons. The average molecular weight is 1040 g/mol. The largest absolute Gasteiger partial charge is 0.311 e. The van der Waals surface area contributed by atoms with Crippen molar-refractivity contribution in [1.82, 2.24) is 9.97 Å². The minimum atomic E-state index is -0.0833. The molecule has 0 spiro atoms. The van der Waals surface area contributed by atoms with Crippen LogP contribution in [0.1, 0.15) is 193 Å². The number of anilines is 6. The number of aromatic nitrogens is 2. The van der Waals surface area contributed by atoms with Crippen LogP contribution in [0.2, 0.25) is 0 Å². The van der Waals surface area contributed by atoms with Crippen molar-refractivity contribution in [3.05, 3.63) is 185 Å². The van der Waals surface area contributed by atoms with E-state index in [4.69, 9.17) is 9.97 Å². The van der Waals surface area contributed by atoms with Crippen LogP contribution in [0.4, 0.5) is 34.1 Å². The van der Waals surface area contributed by atoms with Gasteiger partial charge in [0.2, 0.25) is 0 Å². The van der Waals surface area contributed by atoms with E-state index in [-0.39, 0.29) is 28.4 Å². The second-order valence-corrected chi connectivity index (χ2v) is 28.1. The summed E-state index contributed by atoms with van der Waals surface area (Å²) >= 11 is 0. The van der Waals surface area contributed by atoms with Gasteiger partial charge in [-0.2, -0.15) is 0 Å². The molecule has 5 heteroatoms. The predicted octanol–water partition coefficient (Wildman–Crippen LogP) is 18.8. The summed E-state index contributed by atoms with van der Waals surface area (Å²) in [6.07, 6.45) is 12.9. The summed E-state index contributed by atoms with van der Waals surface area (Å²) in [4.78, 5) is 16.3.